The van der Waals surface area contributed by atoms with E-state index in [9.17, 15) is 15.0 Å². The number of aliphatic hydroxyl groups excluding tert-OH is 2. The number of carbonyl (C=O) groups is 1. The fourth-order valence-electron chi connectivity index (χ4n) is 1.60. The lowest BCUT2D eigenvalue weighted by Crippen LogP contribution is -2.20. The molecule has 0 radical (unpaired) electrons. The fraction of sp³-hybridized carbons (Fsp3) is 0.417. The number of rotatable bonds is 5. The molecule has 0 fully saturated rings. The predicted octanol–water partition coefficient (Wildman–Crippen LogP) is 1.73. The molecule has 0 aliphatic rings. The van der Waals surface area contributed by atoms with Gasteiger partial charge >= 0.3 is 5.97 Å². The maximum atomic E-state index is 11.5. The number of halogens is 2. The maximum absolute atomic E-state index is 11.5. The number of benzene rings is 1. The van der Waals surface area contributed by atoms with Gasteiger partial charge < -0.3 is 20.7 Å². The molecule has 1 rings (SSSR count). The van der Waals surface area contributed by atoms with Crippen LogP contribution in [0.5, 0.6) is 0 Å². The lowest BCUT2D eigenvalue weighted by Gasteiger charge is -2.19. The number of aliphatic hydroxyl groups is 2. The van der Waals surface area contributed by atoms with Crippen LogP contribution in [0.4, 0.5) is 5.69 Å². The number of hydrogen-bond acceptors (Lipinski definition) is 5. The Bertz CT molecular complexity index is 467. The first-order valence-corrected chi connectivity index (χ1v) is 6.43. The highest BCUT2D eigenvalue weighted by molar-refractivity contribution is 6.32. The van der Waals surface area contributed by atoms with Gasteiger partial charge in [-0.15, -0.1) is 11.6 Å². The molecule has 7 heteroatoms. The molecule has 106 valence electrons. The first-order valence-electron chi connectivity index (χ1n) is 5.51. The highest BCUT2D eigenvalue weighted by Gasteiger charge is 2.23. The second kappa shape index (κ2) is 6.96. The Labute approximate surface area is 120 Å². The summed E-state index contributed by atoms with van der Waals surface area (Å²) in [5, 5.41) is 19.9. The molecule has 0 aliphatic carbocycles. The second-order valence-corrected chi connectivity index (χ2v) is 4.73. The minimum Gasteiger partial charge on any atom is -0.465 e. The van der Waals surface area contributed by atoms with Crippen molar-refractivity contribution in [2.45, 2.75) is 18.6 Å². The zero-order chi connectivity index (χ0) is 14.6. The van der Waals surface area contributed by atoms with Crippen molar-refractivity contribution in [1.29, 1.82) is 0 Å². The largest absolute Gasteiger partial charge is 0.465 e. The highest BCUT2D eigenvalue weighted by Crippen LogP contribution is 2.31. The van der Waals surface area contributed by atoms with E-state index >= 15 is 0 Å². The summed E-state index contributed by atoms with van der Waals surface area (Å²) >= 11 is 11.5. The number of carbonyl (C=O) groups excluding carboxylic acids is 1. The quantitative estimate of drug-likeness (QED) is 0.438. The van der Waals surface area contributed by atoms with Crippen LogP contribution in [-0.2, 0) is 4.74 Å². The van der Waals surface area contributed by atoms with Crippen molar-refractivity contribution in [3.8, 4) is 0 Å². The van der Waals surface area contributed by atoms with Gasteiger partial charge in [0.25, 0.3) is 0 Å². The molecule has 19 heavy (non-hydrogen) atoms. The van der Waals surface area contributed by atoms with Crippen molar-refractivity contribution in [3.63, 3.8) is 0 Å². The van der Waals surface area contributed by atoms with Crippen molar-refractivity contribution in [2.75, 3.05) is 18.7 Å². The summed E-state index contributed by atoms with van der Waals surface area (Å²) in [6, 6.07) is 2.64. The van der Waals surface area contributed by atoms with E-state index in [-0.39, 0.29) is 34.1 Å². The van der Waals surface area contributed by atoms with Gasteiger partial charge in [-0.25, -0.2) is 4.79 Å². The Morgan fingerprint density at radius 2 is 2.11 bits per heavy atom. The number of esters is 1. The predicted molar refractivity (Wildman–Crippen MR) is 73.5 cm³/mol. The average molecular weight is 308 g/mol. The maximum Gasteiger partial charge on any atom is 0.339 e. The van der Waals surface area contributed by atoms with Crippen molar-refractivity contribution in [1.82, 2.24) is 0 Å². The Hall–Kier alpha value is -1.01. The van der Waals surface area contributed by atoms with Crippen molar-refractivity contribution in [2.24, 2.45) is 0 Å². The van der Waals surface area contributed by atoms with Crippen LogP contribution in [0.2, 0.25) is 5.02 Å². The van der Waals surface area contributed by atoms with Crippen LogP contribution in [0.3, 0.4) is 0 Å². The van der Waals surface area contributed by atoms with E-state index in [4.69, 9.17) is 28.9 Å². The molecule has 0 aromatic heterocycles. The third-order valence-electron chi connectivity index (χ3n) is 2.66. The zero-order valence-corrected chi connectivity index (χ0v) is 11.8. The first kappa shape index (κ1) is 16.0. The molecule has 0 aliphatic heterocycles. The molecule has 0 bridgehead atoms. The van der Waals surface area contributed by atoms with Crippen LogP contribution >= 0.6 is 23.2 Å². The minimum absolute atomic E-state index is 0.0824. The topological polar surface area (TPSA) is 92.8 Å². The molecule has 2 atom stereocenters. The van der Waals surface area contributed by atoms with Gasteiger partial charge in [-0.1, -0.05) is 11.6 Å². The van der Waals surface area contributed by atoms with E-state index in [2.05, 4.69) is 4.74 Å². The molecule has 1 aromatic carbocycles. The molecular formula is C12H15Cl2NO4. The average Bonchev–Trinajstić information content (AvgIpc) is 2.37. The third kappa shape index (κ3) is 3.73. The smallest absolute Gasteiger partial charge is 0.339 e. The molecule has 5 nitrogen and oxygen atoms in total. The molecule has 1 aromatic rings. The van der Waals surface area contributed by atoms with Crippen LogP contribution in [-0.4, -0.2) is 35.3 Å². The number of nitrogen functional groups attached to an aromatic ring is 1. The Kier molecular flexibility index (Phi) is 5.87. The number of anilines is 1. The van der Waals surface area contributed by atoms with E-state index in [1.807, 2.05) is 0 Å². The van der Waals surface area contributed by atoms with Gasteiger partial charge in [-0.05, 0) is 18.6 Å². The third-order valence-corrected chi connectivity index (χ3v) is 3.21. The van der Waals surface area contributed by atoms with Gasteiger partial charge in [0, 0.05) is 22.2 Å². The van der Waals surface area contributed by atoms with Crippen LogP contribution in [0.1, 0.15) is 28.4 Å². The van der Waals surface area contributed by atoms with Crippen molar-refractivity contribution >= 4 is 34.9 Å². The molecule has 0 saturated heterocycles. The summed E-state index contributed by atoms with van der Waals surface area (Å²) in [5.74, 6) is -0.455. The lowest BCUT2D eigenvalue weighted by atomic mass is 9.99. The zero-order valence-electron chi connectivity index (χ0n) is 10.3. The number of methoxy groups -OCH3 is 1. The van der Waals surface area contributed by atoms with Gasteiger partial charge in [-0.2, -0.15) is 0 Å². The van der Waals surface area contributed by atoms with Crippen LogP contribution in [0.15, 0.2) is 12.1 Å². The second-order valence-electron chi connectivity index (χ2n) is 3.94. The van der Waals surface area contributed by atoms with Crippen molar-refractivity contribution < 1.29 is 19.7 Å². The fourth-order valence-corrected chi connectivity index (χ4v) is 2.10. The van der Waals surface area contributed by atoms with E-state index in [1.54, 1.807) is 0 Å². The standard InChI is InChI=1S/C12H15Cl2NO4/c1-19-12(18)7-4-6(8(14)5-9(7)15)11(17)10(16)2-3-13/h4-5,10-11,16-17H,2-3,15H2,1H3. The molecular weight excluding hydrogens is 293 g/mol. The number of nitrogens with two attached hydrogens (primary N) is 1. The Morgan fingerprint density at radius 3 is 2.63 bits per heavy atom. The summed E-state index contributed by atoms with van der Waals surface area (Å²) in [6.45, 7) is 0. The van der Waals surface area contributed by atoms with E-state index < -0.39 is 18.2 Å². The molecule has 0 saturated carbocycles. The van der Waals surface area contributed by atoms with Gasteiger partial charge in [0.1, 0.15) is 6.10 Å². The number of alkyl halides is 1. The number of hydrogen-bond donors (Lipinski definition) is 3. The Balaban J connectivity index is 3.17. The number of ether oxygens (including phenoxy) is 1. The van der Waals surface area contributed by atoms with Gasteiger partial charge in [0.05, 0.1) is 18.8 Å². The molecule has 2 unspecified atom stereocenters. The van der Waals surface area contributed by atoms with E-state index in [1.165, 1.54) is 19.2 Å². The van der Waals surface area contributed by atoms with Gasteiger partial charge in [0.2, 0.25) is 0 Å². The summed E-state index contributed by atoms with van der Waals surface area (Å²) in [6.07, 6.45) is -2.14. The van der Waals surface area contributed by atoms with Crippen LogP contribution in [0, 0.1) is 0 Å². The minimum atomic E-state index is -1.25. The SMILES string of the molecule is COC(=O)c1cc(C(O)C(O)CCCl)c(Cl)cc1N. The summed E-state index contributed by atoms with van der Waals surface area (Å²) < 4.78 is 4.57. The van der Waals surface area contributed by atoms with Gasteiger partial charge in [0.15, 0.2) is 0 Å². The molecule has 0 spiro atoms. The summed E-state index contributed by atoms with van der Waals surface area (Å²) in [7, 11) is 1.22. The van der Waals surface area contributed by atoms with E-state index in [0.29, 0.717) is 0 Å². The lowest BCUT2D eigenvalue weighted by molar-refractivity contribution is 0.0169. The first-order chi connectivity index (χ1) is 8.92. The van der Waals surface area contributed by atoms with Crippen molar-refractivity contribution in [3.05, 3.63) is 28.3 Å². The van der Waals surface area contributed by atoms with E-state index in [0.717, 1.165) is 0 Å². The Morgan fingerprint density at radius 1 is 1.47 bits per heavy atom. The monoisotopic (exact) mass is 307 g/mol. The highest BCUT2D eigenvalue weighted by atomic mass is 35.5. The van der Waals surface area contributed by atoms with Crippen LogP contribution in [0.25, 0.3) is 0 Å². The molecule has 0 heterocycles. The normalized spacial score (nSPS) is 13.9. The summed E-state index contributed by atoms with van der Waals surface area (Å²) in [5.41, 5.74) is 6.07. The summed E-state index contributed by atoms with van der Waals surface area (Å²) in [4.78, 5) is 11.5. The van der Waals surface area contributed by atoms with Crippen LogP contribution < -0.4 is 5.73 Å². The molecule has 4 N–H and O–H groups in total. The molecule has 0 amide bonds. The van der Waals surface area contributed by atoms with Gasteiger partial charge in [-0.3, -0.25) is 0 Å².